The molecule has 2 aromatic rings. The highest BCUT2D eigenvalue weighted by molar-refractivity contribution is 7.08. The molecule has 1 aliphatic rings. The zero-order chi connectivity index (χ0) is 14.5. The van der Waals surface area contributed by atoms with Crippen molar-refractivity contribution in [1.29, 1.82) is 0 Å². The van der Waals surface area contributed by atoms with Gasteiger partial charge in [-0.3, -0.25) is 4.90 Å². The molecular formula is C15H22N4OS. The number of hydrogen-bond acceptors (Lipinski definition) is 6. The average molecular weight is 306 g/mol. The third kappa shape index (κ3) is 3.70. The van der Waals surface area contributed by atoms with Gasteiger partial charge in [0.2, 0.25) is 11.7 Å². The Hall–Kier alpha value is -1.24. The predicted molar refractivity (Wildman–Crippen MR) is 84.2 cm³/mol. The van der Waals surface area contributed by atoms with Crippen LogP contribution in [0.3, 0.4) is 0 Å². The van der Waals surface area contributed by atoms with Gasteiger partial charge in [-0.25, -0.2) is 0 Å². The van der Waals surface area contributed by atoms with Gasteiger partial charge in [-0.15, -0.1) is 0 Å². The first-order valence-corrected chi connectivity index (χ1v) is 8.55. The van der Waals surface area contributed by atoms with Crippen LogP contribution in [-0.4, -0.2) is 41.2 Å². The van der Waals surface area contributed by atoms with Crippen molar-refractivity contribution in [2.75, 3.05) is 20.1 Å². The second-order valence-corrected chi connectivity index (χ2v) is 6.32. The summed E-state index contributed by atoms with van der Waals surface area (Å²) in [5.74, 6) is 1.43. The minimum atomic E-state index is 0.627. The lowest BCUT2D eigenvalue weighted by atomic mass is 9.99. The van der Waals surface area contributed by atoms with Gasteiger partial charge in [-0.2, -0.15) is 16.3 Å². The van der Waals surface area contributed by atoms with Crippen LogP contribution in [0.1, 0.15) is 31.6 Å². The lowest BCUT2D eigenvalue weighted by Crippen LogP contribution is -2.40. The average Bonchev–Trinajstić information content (AvgIpc) is 3.17. The van der Waals surface area contributed by atoms with E-state index in [2.05, 4.69) is 20.4 Å². The maximum Gasteiger partial charge on any atom is 0.241 e. The van der Waals surface area contributed by atoms with Gasteiger partial charge in [0, 0.05) is 17.0 Å². The fourth-order valence-electron chi connectivity index (χ4n) is 2.91. The number of nitrogens with one attached hydrogen (secondary N) is 1. The number of likely N-dealkylation sites (tertiary alicyclic amines) is 1. The monoisotopic (exact) mass is 306 g/mol. The second-order valence-electron chi connectivity index (χ2n) is 5.54. The summed E-state index contributed by atoms with van der Waals surface area (Å²) < 4.78 is 5.43. The van der Waals surface area contributed by atoms with Crippen LogP contribution in [0.25, 0.3) is 11.4 Å². The molecule has 0 aliphatic carbocycles. The molecule has 0 spiro atoms. The van der Waals surface area contributed by atoms with Crippen LogP contribution in [0.15, 0.2) is 21.3 Å². The maximum absolute atomic E-state index is 5.43. The van der Waals surface area contributed by atoms with Crippen LogP contribution >= 0.6 is 11.3 Å². The zero-order valence-electron chi connectivity index (χ0n) is 12.4. The summed E-state index contributed by atoms with van der Waals surface area (Å²) in [4.78, 5) is 7.02. The van der Waals surface area contributed by atoms with Gasteiger partial charge in [0.25, 0.3) is 0 Å². The van der Waals surface area contributed by atoms with E-state index in [0.717, 1.165) is 31.1 Å². The molecule has 0 saturated carbocycles. The van der Waals surface area contributed by atoms with Gasteiger partial charge in [0.1, 0.15) is 0 Å². The molecule has 6 heteroatoms. The summed E-state index contributed by atoms with van der Waals surface area (Å²) >= 11 is 1.65. The smallest absolute Gasteiger partial charge is 0.241 e. The highest BCUT2D eigenvalue weighted by Crippen LogP contribution is 2.23. The van der Waals surface area contributed by atoms with E-state index in [1.807, 2.05) is 23.9 Å². The summed E-state index contributed by atoms with van der Waals surface area (Å²) in [6, 6.07) is 2.65. The van der Waals surface area contributed by atoms with Crippen LogP contribution < -0.4 is 5.32 Å². The van der Waals surface area contributed by atoms with Crippen LogP contribution in [0.4, 0.5) is 0 Å². The number of aromatic nitrogens is 2. The van der Waals surface area contributed by atoms with Crippen molar-refractivity contribution >= 4 is 11.3 Å². The summed E-state index contributed by atoms with van der Waals surface area (Å²) in [6.07, 6.45) is 5.05. The normalized spacial score (nSPS) is 20.0. The molecule has 1 unspecified atom stereocenters. The van der Waals surface area contributed by atoms with Crippen molar-refractivity contribution in [2.45, 2.75) is 38.3 Å². The van der Waals surface area contributed by atoms with Crippen LogP contribution in [-0.2, 0) is 6.54 Å². The van der Waals surface area contributed by atoms with Gasteiger partial charge in [0.05, 0.1) is 6.54 Å². The number of rotatable bonds is 6. The van der Waals surface area contributed by atoms with E-state index < -0.39 is 0 Å². The summed E-state index contributed by atoms with van der Waals surface area (Å²) in [5, 5.41) is 11.4. The Labute approximate surface area is 129 Å². The van der Waals surface area contributed by atoms with Crippen molar-refractivity contribution in [3.05, 3.63) is 22.7 Å². The van der Waals surface area contributed by atoms with Crippen molar-refractivity contribution < 1.29 is 4.52 Å². The molecule has 3 rings (SSSR count). The van der Waals surface area contributed by atoms with Crippen molar-refractivity contribution in [3.8, 4) is 11.4 Å². The highest BCUT2D eigenvalue weighted by atomic mass is 32.1. The lowest BCUT2D eigenvalue weighted by molar-refractivity contribution is 0.117. The fourth-order valence-corrected chi connectivity index (χ4v) is 3.54. The van der Waals surface area contributed by atoms with Gasteiger partial charge in [0.15, 0.2) is 0 Å². The van der Waals surface area contributed by atoms with Crippen LogP contribution in [0.5, 0.6) is 0 Å². The third-order valence-electron chi connectivity index (χ3n) is 4.06. The molecule has 3 heterocycles. The fraction of sp³-hybridized carbons (Fsp3) is 0.600. The molecule has 114 valence electrons. The molecule has 0 amide bonds. The topological polar surface area (TPSA) is 54.2 Å². The molecule has 1 atom stereocenters. The second kappa shape index (κ2) is 7.15. The van der Waals surface area contributed by atoms with E-state index in [1.165, 1.54) is 25.7 Å². The summed E-state index contributed by atoms with van der Waals surface area (Å²) in [6.45, 7) is 2.96. The van der Waals surface area contributed by atoms with E-state index in [-0.39, 0.29) is 0 Å². The molecule has 0 radical (unpaired) electrons. The molecule has 1 saturated heterocycles. The van der Waals surface area contributed by atoms with Crippen LogP contribution in [0.2, 0.25) is 0 Å². The minimum Gasteiger partial charge on any atom is -0.338 e. The Kier molecular flexibility index (Phi) is 5.00. The lowest BCUT2D eigenvalue weighted by Gasteiger charge is -2.34. The van der Waals surface area contributed by atoms with E-state index in [1.54, 1.807) is 11.3 Å². The summed E-state index contributed by atoms with van der Waals surface area (Å²) in [5.41, 5.74) is 1.04. The molecule has 0 aromatic carbocycles. The highest BCUT2D eigenvalue weighted by Gasteiger charge is 2.24. The SMILES string of the molecule is CNCCC1CCCCN1Cc1nc(-c2ccsc2)no1. The van der Waals surface area contributed by atoms with Crippen molar-refractivity contribution in [2.24, 2.45) is 0 Å². The van der Waals surface area contributed by atoms with Gasteiger partial charge in [-0.05, 0) is 50.8 Å². The first-order chi connectivity index (χ1) is 10.4. The van der Waals surface area contributed by atoms with E-state index in [0.29, 0.717) is 11.9 Å². The largest absolute Gasteiger partial charge is 0.338 e. The first kappa shape index (κ1) is 14.7. The Bertz CT molecular complexity index is 540. The molecule has 2 aromatic heterocycles. The predicted octanol–water partition coefficient (Wildman–Crippen LogP) is 2.76. The molecule has 5 nitrogen and oxygen atoms in total. The molecule has 1 fully saturated rings. The molecule has 0 bridgehead atoms. The van der Waals surface area contributed by atoms with Gasteiger partial charge >= 0.3 is 0 Å². The summed E-state index contributed by atoms with van der Waals surface area (Å²) in [7, 11) is 2.01. The van der Waals surface area contributed by atoms with E-state index >= 15 is 0 Å². The zero-order valence-corrected chi connectivity index (χ0v) is 13.2. The Morgan fingerprint density at radius 1 is 1.48 bits per heavy atom. The Morgan fingerprint density at radius 3 is 3.24 bits per heavy atom. The standard InChI is InChI=1S/C15H22N4OS/c1-16-7-5-13-4-2-3-8-19(13)10-14-17-15(18-20-14)12-6-9-21-11-12/h6,9,11,13,16H,2-5,7-8,10H2,1H3. The van der Waals surface area contributed by atoms with E-state index in [4.69, 9.17) is 4.52 Å². The minimum absolute atomic E-state index is 0.627. The molecular weight excluding hydrogens is 284 g/mol. The van der Waals surface area contributed by atoms with Crippen molar-refractivity contribution in [3.63, 3.8) is 0 Å². The Balaban J connectivity index is 1.64. The number of piperidine rings is 1. The van der Waals surface area contributed by atoms with Gasteiger partial charge in [-0.1, -0.05) is 11.6 Å². The number of hydrogen-bond donors (Lipinski definition) is 1. The number of nitrogens with zero attached hydrogens (tertiary/aromatic N) is 3. The molecule has 21 heavy (non-hydrogen) atoms. The van der Waals surface area contributed by atoms with Crippen LogP contribution in [0, 0.1) is 0 Å². The maximum atomic E-state index is 5.43. The molecule has 1 aliphatic heterocycles. The first-order valence-electron chi connectivity index (χ1n) is 7.60. The molecule has 1 N–H and O–H groups in total. The number of thiophene rings is 1. The van der Waals surface area contributed by atoms with Gasteiger partial charge < -0.3 is 9.84 Å². The van der Waals surface area contributed by atoms with Crippen molar-refractivity contribution in [1.82, 2.24) is 20.4 Å². The quantitative estimate of drug-likeness (QED) is 0.889. The van der Waals surface area contributed by atoms with E-state index in [9.17, 15) is 0 Å². The third-order valence-corrected chi connectivity index (χ3v) is 4.75. The Morgan fingerprint density at radius 2 is 2.43 bits per heavy atom.